The Balaban J connectivity index is 1.97. The summed E-state index contributed by atoms with van der Waals surface area (Å²) in [5.74, 6) is 0.822. The number of nitrogens with zero attached hydrogens (tertiary/aromatic N) is 3. The second kappa shape index (κ2) is 8.23. The molecule has 0 fully saturated rings. The first-order valence-corrected chi connectivity index (χ1v) is 10.2. The average Bonchev–Trinajstić information content (AvgIpc) is 3.18. The lowest BCUT2D eigenvalue weighted by molar-refractivity contribution is -0.141. The largest absolute Gasteiger partial charge is 0.439 e. The van der Waals surface area contributed by atoms with E-state index < -0.39 is 0 Å². The van der Waals surface area contributed by atoms with E-state index in [1.807, 2.05) is 52.0 Å². The highest BCUT2D eigenvalue weighted by Gasteiger charge is 2.38. The van der Waals surface area contributed by atoms with Gasteiger partial charge in [-0.15, -0.1) is 0 Å². The normalized spacial score (nSPS) is 19.1. The van der Waals surface area contributed by atoms with Crippen LogP contribution in [0.25, 0.3) is 0 Å². The number of ether oxygens (including phenoxy) is 1. The molecule has 0 radical (unpaired) electrons. The number of allylic oxidation sites excluding steroid dienone is 2. The van der Waals surface area contributed by atoms with E-state index >= 15 is 0 Å². The molecular formula is C23H29N3O3. The van der Waals surface area contributed by atoms with Gasteiger partial charge >= 0.3 is 0 Å². The highest BCUT2D eigenvalue weighted by molar-refractivity contribution is 6.29. The maximum atomic E-state index is 12.9. The zero-order chi connectivity index (χ0) is 21.2. The summed E-state index contributed by atoms with van der Waals surface area (Å²) in [6, 6.07) is 7.87. The number of hydrogen-bond donors (Lipinski definition) is 0. The minimum atomic E-state index is -0.372. The molecule has 0 spiro atoms. The van der Waals surface area contributed by atoms with E-state index in [0.29, 0.717) is 30.0 Å². The van der Waals surface area contributed by atoms with Gasteiger partial charge in [-0.1, -0.05) is 46.8 Å². The fourth-order valence-electron chi connectivity index (χ4n) is 3.39. The van der Waals surface area contributed by atoms with Crippen molar-refractivity contribution in [3.05, 3.63) is 47.9 Å². The molecule has 1 aromatic rings. The molecule has 6 nitrogen and oxygen atoms in total. The van der Waals surface area contributed by atoms with Crippen LogP contribution in [0.15, 0.2) is 53.0 Å². The fourth-order valence-corrected chi connectivity index (χ4v) is 3.39. The summed E-state index contributed by atoms with van der Waals surface area (Å²) in [5, 5.41) is 5.40. The van der Waals surface area contributed by atoms with Crippen molar-refractivity contribution in [2.45, 2.75) is 53.9 Å². The summed E-state index contributed by atoms with van der Waals surface area (Å²) in [5.41, 5.74) is 1.69. The number of hydrogen-bond acceptors (Lipinski definition) is 5. The molecule has 1 aromatic carbocycles. The summed E-state index contributed by atoms with van der Waals surface area (Å²) in [4.78, 5) is 27.4. The summed E-state index contributed by atoms with van der Waals surface area (Å²) >= 11 is 0. The van der Waals surface area contributed by atoms with Gasteiger partial charge in [0.05, 0.1) is 17.0 Å². The van der Waals surface area contributed by atoms with Crippen LogP contribution in [0.1, 0.15) is 53.9 Å². The lowest BCUT2D eigenvalue weighted by atomic mass is 9.85. The van der Waals surface area contributed by atoms with Gasteiger partial charge in [-0.05, 0) is 37.1 Å². The van der Waals surface area contributed by atoms with Crippen molar-refractivity contribution in [1.82, 2.24) is 5.01 Å². The van der Waals surface area contributed by atoms with E-state index in [0.717, 1.165) is 29.4 Å². The van der Waals surface area contributed by atoms with Gasteiger partial charge in [-0.2, -0.15) is 10.1 Å². The lowest BCUT2D eigenvalue weighted by Crippen LogP contribution is -2.29. The molecule has 0 aliphatic carbocycles. The Morgan fingerprint density at radius 3 is 2.52 bits per heavy atom. The van der Waals surface area contributed by atoms with Crippen molar-refractivity contribution in [2.24, 2.45) is 10.5 Å². The molecule has 0 N–H and O–H groups in total. The third-order valence-corrected chi connectivity index (χ3v) is 4.76. The van der Waals surface area contributed by atoms with E-state index in [1.54, 1.807) is 12.2 Å². The second-order valence-corrected chi connectivity index (χ2v) is 8.27. The molecule has 0 atom stereocenters. The van der Waals surface area contributed by atoms with E-state index in [4.69, 9.17) is 4.74 Å². The van der Waals surface area contributed by atoms with E-state index in [1.165, 1.54) is 0 Å². The Kier molecular flexibility index (Phi) is 5.91. The number of para-hydroxylation sites is 2. The SMILES string of the molecule is CCCC(=O)N1N=C(C(C)(C)C)/C(=C\C=C2\Oc3ccccc3N2CCC)C1=O. The second-order valence-electron chi connectivity index (χ2n) is 8.27. The zero-order valence-corrected chi connectivity index (χ0v) is 17.9. The van der Waals surface area contributed by atoms with Crippen LogP contribution in [0.5, 0.6) is 5.75 Å². The van der Waals surface area contributed by atoms with E-state index in [-0.39, 0.29) is 17.2 Å². The van der Waals surface area contributed by atoms with Gasteiger partial charge in [0.25, 0.3) is 5.91 Å². The first-order valence-electron chi connectivity index (χ1n) is 10.2. The maximum absolute atomic E-state index is 12.9. The monoisotopic (exact) mass is 395 g/mol. The van der Waals surface area contributed by atoms with Crippen molar-refractivity contribution in [1.29, 1.82) is 0 Å². The van der Waals surface area contributed by atoms with E-state index in [9.17, 15) is 9.59 Å². The number of amides is 2. The number of rotatable bonds is 5. The van der Waals surface area contributed by atoms with Crippen LogP contribution in [0.4, 0.5) is 5.69 Å². The number of fused-ring (bicyclic) bond motifs is 1. The maximum Gasteiger partial charge on any atom is 0.283 e. The van der Waals surface area contributed by atoms with Crippen molar-refractivity contribution >= 4 is 23.2 Å². The number of hydrazone groups is 1. The third kappa shape index (κ3) is 4.11. The molecule has 2 heterocycles. The van der Waals surface area contributed by atoms with Crippen LogP contribution >= 0.6 is 0 Å². The van der Waals surface area contributed by atoms with Crippen LogP contribution in [0.3, 0.4) is 0 Å². The number of benzene rings is 1. The highest BCUT2D eigenvalue weighted by atomic mass is 16.5. The molecule has 0 aromatic heterocycles. The quantitative estimate of drug-likeness (QED) is 0.682. The number of carbonyl (C=O) groups is 2. The van der Waals surface area contributed by atoms with Gasteiger partial charge in [0, 0.05) is 18.4 Å². The van der Waals surface area contributed by atoms with Crippen LogP contribution in [0.2, 0.25) is 0 Å². The molecule has 0 unspecified atom stereocenters. The Labute approximate surface area is 172 Å². The van der Waals surface area contributed by atoms with Gasteiger partial charge in [0.2, 0.25) is 11.8 Å². The first kappa shape index (κ1) is 20.8. The molecule has 29 heavy (non-hydrogen) atoms. The molecule has 0 bridgehead atoms. The predicted octanol–water partition coefficient (Wildman–Crippen LogP) is 4.63. The molecule has 2 aliphatic heterocycles. The minimum absolute atomic E-state index is 0.271. The van der Waals surface area contributed by atoms with Gasteiger partial charge < -0.3 is 9.64 Å². The molecular weight excluding hydrogens is 366 g/mol. The lowest BCUT2D eigenvalue weighted by Gasteiger charge is -2.18. The fraction of sp³-hybridized carbons (Fsp3) is 0.435. The van der Waals surface area contributed by atoms with Crippen LogP contribution in [-0.4, -0.2) is 29.1 Å². The van der Waals surface area contributed by atoms with Gasteiger partial charge in [-0.3, -0.25) is 9.59 Å². The minimum Gasteiger partial charge on any atom is -0.439 e. The Morgan fingerprint density at radius 1 is 1.14 bits per heavy atom. The molecule has 2 amide bonds. The molecule has 154 valence electrons. The predicted molar refractivity (Wildman–Crippen MR) is 115 cm³/mol. The van der Waals surface area contributed by atoms with E-state index in [2.05, 4.69) is 16.9 Å². The molecule has 3 rings (SSSR count). The Bertz CT molecular complexity index is 906. The first-order chi connectivity index (χ1) is 13.8. The Hall–Kier alpha value is -2.89. The number of imide groups is 1. The van der Waals surface area contributed by atoms with Gasteiger partial charge in [-0.25, -0.2) is 0 Å². The van der Waals surface area contributed by atoms with Crippen molar-refractivity contribution in [3.63, 3.8) is 0 Å². The average molecular weight is 396 g/mol. The summed E-state index contributed by atoms with van der Waals surface area (Å²) in [7, 11) is 0. The van der Waals surface area contributed by atoms with Crippen LogP contribution < -0.4 is 9.64 Å². The smallest absolute Gasteiger partial charge is 0.283 e. The van der Waals surface area contributed by atoms with Crippen LogP contribution in [0, 0.1) is 5.41 Å². The Morgan fingerprint density at radius 2 is 1.86 bits per heavy atom. The third-order valence-electron chi connectivity index (χ3n) is 4.76. The summed E-state index contributed by atoms with van der Waals surface area (Å²) in [6.45, 7) is 10.8. The van der Waals surface area contributed by atoms with Crippen molar-refractivity contribution in [2.75, 3.05) is 11.4 Å². The van der Waals surface area contributed by atoms with Gasteiger partial charge in [0.1, 0.15) is 0 Å². The molecule has 2 aliphatic rings. The molecule has 0 saturated heterocycles. The highest BCUT2D eigenvalue weighted by Crippen LogP contribution is 2.39. The zero-order valence-electron chi connectivity index (χ0n) is 17.9. The molecule has 6 heteroatoms. The topological polar surface area (TPSA) is 62.2 Å². The summed E-state index contributed by atoms with van der Waals surface area (Å²) in [6.07, 6.45) is 5.46. The van der Waals surface area contributed by atoms with Crippen molar-refractivity contribution < 1.29 is 14.3 Å². The standard InChI is InChI=1S/C23H29N3O3/c1-6-10-19(27)26-22(28)16(21(24-26)23(3,4)5)13-14-20-25(15-7-2)17-11-8-9-12-18(17)29-20/h8-9,11-14H,6-7,10,15H2,1-5H3/b16-13+,20-14+. The number of anilines is 1. The summed E-state index contributed by atoms with van der Waals surface area (Å²) < 4.78 is 6.01. The van der Waals surface area contributed by atoms with Gasteiger partial charge in [0.15, 0.2) is 5.75 Å². The van der Waals surface area contributed by atoms with Crippen molar-refractivity contribution in [3.8, 4) is 5.75 Å². The number of carbonyl (C=O) groups excluding carboxylic acids is 2. The molecule has 0 saturated carbocycles. The van der Waals surface area contributed by atoms with Crippen LogP contribution in [-0.2, 0) is 9.59 Å².